The van der Waals surface area contributed by atoms with Gasteiger partial charge in [0, 0.05) is 21.8 Å². The molecule has 0 amide bonds. The van der Waals surface area contributed by atoms with Gasteiger partial charge in [0.15, 0.2) is 0 Å². The van der Waals surface area contributed by atoms with Crippen LogP contribution >= 0.6 is 27.3 Å². The molecule has 0 spiro atoms. The van der Waals surface area contributed by atoms with E-state index in [1.165, 1.54) is 5.56 Å². The lowest BCUT2D eigenvalue weighted by Crippen LogP contribution is -2.22. The van der Waals surface area contributed by atoms with Crippen molar-refractivity contribution in [3.63, 3.8) is 0 Å². The first-order valence-electron chi connectivity index (χ1n) is 5.40. The van der Waals surface area contributed by atoms with E-state index in [4.69, 9.17) is 4.74 Å². The van der Waals surface area contributed by atoms with Crippen molar-refractivity contribution in [2.24, 2.45) is 0 Å². The van der Waals surface area contributed by atoms with E-state index in [1.54, 1.807) is 11.3 Å². The van der Waals surface area contributed by atoms with Crippen LogP contribution in [0.15, 0.2) is 39.5 Å². The largest absolute Gasteiger partial charge is 0.487 e. The lowest BCUT2D eigenvalue weighted by atomic mass is 10.0. The second-order valence-corrected chi connectivity index (χ2v) is 5.69. The topological polar surface area (TPSA) is 29.5 Å². The Bertz CT molecular complexity index is 513. The molecular weight excluding hydrogens is 300 g/mol. The van der Waals surface area contributed by atoms with Crippen molar-refractivity contribution in [2.75, 3.05) is 0 Å². The van der Waals surface area contributed by atoms with Gasteiger partial charge >= 0.3 is 0 Å². The van der Waals surface area contributed by atoms with Gasteiger partial charge in [0.25, 0.3) is 0 Å². The van der Waals surface area contributed by atoms with Crippen LogP contribution in [0.1, 0.15) is 17.2 Å². The maximum Gasteiger partial charge on any atom is 0.133 e. The minimum absolute atomic E-state index is 0.182. The Morgan fingerprint density at radius 1 is 1.35 bits per heavy atom. The SMILES string of the molecule is OC(c1cscc1Br)C1Cc2ccccc2O1. The molecule has 1 N–H and O–H groups in total. The van der Waals surface area contributed by atoms with Gasteiger partial charge in [0.1, 0.15) is 18.0 Å². The van der Waals surface area contributed by atoms with Crippen LogP contribution in [-0.2, 0) is 6.42 Å². The van der Waals surface area contributed by atoms with Crippen LogP contribution in [0.4, 0.5) is 0 Å². The zero-order valence-corrected chi connectivity index (χ0v) is 11.4. The Kier molecular flexibility index (Phi) is 2.94. The Balaban J connectivity index is 1.83. The van der Waals surface area contributed by atoms with E-state index in [2.05, 4.69) is 15.9 Å². The van der Waals surface area contributed by atoms with Crippen LogP contribution < -0.4 is 4.74 Å². The Labute approximate surface area is 112 Å². The predicted molar refractivity (Wildman–Crippen MR) is 71.5 cm³/mol. The minimum atomic E-state index is -0.581. The quantitative estimate of drug-likeness (QED) is 0.919. The van der Waals surface area contributed by atoms with Crippen molar-refractivity contribution < 1.29 is 9.84 Å². The highest BCUT2D eigenvalue weighted by Crippen LogP contribution is 2.37. The fourth-order valence-electron chi connectivity index (χ4n) is 2.09. The maximum absolute atomic E-state index is 10.3. The van der Waals surface area contributed by atoms with Crippen molar-refractivity contribution in [3.8, 4) is 5.75 Å². The minimum Gasteiger partial charge on any atom is -0.487 e. The number of aliphatic hydroxyl groups excluding tert-OH is 1. The number of para-hydroxylation sites is 1. The van der Waals surface area contributed by atoms with E-state index in [-0.39, 0.29) is 6.10 Å². The normalized spacial score (nSPS) is 19.8. The lowest BCUT2D eigenvalue weighted by Gasteiger charge is -2.17. The van der Waals surface area contributed by atoms with Crippen LogP contribution in [0.3, 0.4) is 0 Å². The molecular formula is C13H11BrO2S. The van der Waals surface area contributed by atoms with Crippen LogP contribution in [0, 0.1) is 0 Å². The molecule has 0 aliphatic carbocycles. The number of fused-ring (bicyclic) bond motifs is 1. The average Bonchev–Trinajstić information content (AvgIpc) is 2.93. The molecule has 1 aliphatic heterocycles. The molecule has 2 atom stereocenters. The number of ether oxygens (including phenoxy) is 1. The standard InChI is InChI=1S/C13H11BrO2S/c14-10-7-17-6-9(10)13(15)12-5-8-3-1-2-4-11(8)16-12/h1-4,6-7,12-13,15H,5H2. The summed E-state index contributed by atoms with van der Waals surface area (Å²) in [6, 6.07) is 7.95. The van der Waals surface area contributed by atoms with Crippen molar-refractivity contribution in [1.82, 2.24) is 0 Å². The van der Waals surface area contributed by atoms with Gasteiger partial charge in [-0.05, 0) is 32.9 Å². The zero-order chi connectivity index (χ0) is 11.8. The summed E-state index contributed by atoms with van der Waals surface area (Å²) in [6.45, 7) is 0. The molecule has 2 heterocycles. The monoisotopic (exact) mass is 310 g/mol. The summed E-state index contributed by atoms with van der Waals surface area (Å²) in [6.07, 6.45) is 0.000856. The average molecular weight is 311 g/mol. The molecule has 0 saturated heterocycles. The van der Waals surface area contributed by atoms with Crippen LogP contribution in [-0.4, -0.2) is 11.2 Å². The Morgan fingerprint density at radius 3 is 2.88 bits per heavy atom. The lowest BCUT2D eigenvalue weighted by molar-refractivity contribution is 0.0490. The van der Waals surface area contributed by atoms with E-state index in [9.17, 15) is 5.11 Å². The third-order valence-electron chi connectivity index (χ3n) is 2.99. The third kappa shape index (κ3) is 2.01. The van der Waals surface area contributed by atoms with Crippen molar-refractivity contribution in [2.45, 2.75) is 18.6 Å². The maximum atomic E-state index is 10.3. The summed E-state index contributed by atoms with van der Waals surface area (Å²) < 4.78 is 6.73. The van der Waals surface area contributed by atoms with Crippen LogP contribution in [0.5, 0.6) is 5.75 Å². The van der Waals surface area contributed by atoms with Crippen LogP contribution in [0.25, 0.3) is 0 Å². The molecule has 4 heteroatoms. The highest BCUT2D eigenvalue weighted by molar-refractivity contribution is 9.10. The molecule has 17 heavy (non-hydrogen) atoms. The highest BCUT2D eigenvalue weighted by atomic mass is 79.9. The van der Waals surface area contributed by atoms with E-state index < -0.39 is 6.10 Å². The molecule has 0 fully saturated rings. The molecule has 3 rings (SSSR count). The first-order chi connectivity index (χ1) is 8.25. The fraction of sp³-hybridized carbons (Fsp3) is 0.231. The molecule has 1 aromatic carbocycles. The van der Waals surface area contributed by atoms with Gasteiger partial charge in [0.05, 0.1) is 0 Å². The third-order valence-corrected chi connectivity index (χ3v) is 4.74. The van der Waals surface area contributed by atoms with E-state index in [0.717, 1.165) is 22.2 Å². The van der Waals surface area contributed by atoms with E-state index >= 15 is 0 Å². The van der Waals surface area contributed by atoms with Gasteiger partial charge in [-0.2, -0.15) is 11.3 Å². The van der Waals surface area contributed by atoms with Crippen LogP contribution in [0.2, 0.25) is 0 Å². The first-order valence-corrected chi connectivity index (χ1v) is 7.13. The first kappa shape index (κ1) is 11.3. The van der Waals surface area contributed by atoms with Gasteiger partial charge in [-0.1, -0.05) is 18.2 Å². The van der Waals surface area contributed by atoms with Gasteiger partial charge in [-0.3, -0.25) is 0 Å². The molecule has 88 valence electrons. The fourth-order valence-corrected chi connectivity index (χ4v) is 3.65. The zero-order valence-electron chi connectivity index (χ0n) is 8.97. The predicted octanol–water partition coefficient (Wildman–Crippen LogP) is 3.55. The van der Waals surface area contributed by atoms with Gasteiger partial charge in [-0.15, -0.1) is 0 Å². The highest BCUT2D eigenvalue weighted by Gasteiger charge is 2.31. The number of hydrogen-bond acceptors (Lipinski definition) is 3. The smallest absolute Gasteiger partial charge is 0.133 e. The molecule has 2 nitrogen and oxygen atoms in total. The van der Waals surface area contributed by atoms with Gasteiger partial charge in [-0.25, -0.2) is 0 Å². The van der Waals surface area contributed by atoms with E-state index in [0.29, 0.717) is 0 Å². The van der Waals surface area contributed by atoms with Crippen molar-refractivity contribution >= 4 is 27.3 Å². The van der Waals surface area contributed by atoms with Crippen molar-refractivity contribution in [3.05, 3.63) is 50.6 Å². The number of rotatable bonds is 2. The summed E-state index contributed by atoms with van der Waals surface area (Å²) in [5.74, 6) is 0.892. The molecule has 1 aliphatic rings. The van der Waals surface area contributed by atoms with E-state index in [1.807, 2.05) is 35.0 Å². The number of aliphatic hydroxyl groups is 1. The van der Waals surface area contributed by atoms with Gasteiger partial charge in [0.2, 0.25) is 0 Å². The Morgan fingerprint density at radius 2 is 2.18 bits per heavy atom. The number of thiophene rings is 1. The molecule has 0 saturated carbocycles. The number of hydrogen-bond donors (Lipinski definition) is 1. The molecule has 2 aromatic rings. The summed E-state index contributed by atoms with van der Waals surface area (Å²) in [7, 11) is 0. The number of halogens is 1. The van der Waals surface area contributed by atoms with Gasteiger partial charge < -0.3 is 9.84 Å². The number of benzene rings is 1. The van der Waals surface area contributed by atoms with Crippen molar-refractivity contribution in [1.29, 1.82) is 0 Å². The summed E-state index contributed by atoms with van der Waals surface area (Å²) in [4.78, 5) is 0. The Hall–Kier alpha value is -0.840. The molecule has 0 bridgehead atoms. The summed E-state index contributed by atoms with van der Waals surface area (Å²) >= 11 is 5.02. The second-order valence-electron chi connectivity index (χ2n) is 4.09. The molecule has 2 unspecified atom stereocenters. The molecule has 1 aromatic heterocycles. The second kappa shape index (κ2) is 4.44. The summed E-state index contributed by atoms with van der Waals surface area (Å²) in [5.41, 5.74) is 2.08. The molecule has 0 radical (unpaired) electrons. The summed E-state index contributed by atoms with van der Waals surface area (Å²) in [5, 5.41) is 14.2.